The van der Waals surface area contributed by atoms with Gasteiger partial charge in [-0.2, -0.15) is 0 Å². The normalized spacial score (nSPS) is 10.4. The lowest BCUT2D eigenvalue weighted by molar-refractivity contribution is -0.118. The smallest absolute Gasteiger partial charge is 0.286 e. The molecule has 2 aromatic carbocycles. The Labute approximate surface area is 169 Å². The number of nitrogens with zero attached hydrogens (tertiary/aromatic N) is 2. The molecule has 3 rings (SSSR count). The van der Waals surface area contributed by atoms with E-state index < -0.39 is 0 Å². The Kier molecular flexibility index (Phi) is 6.80. The Hall–Kier alpha value is -2.42. The molecular formula is C18H15ClN4O2S2. The molecule has 9 heteroatoms. The van der Waals surface area contributed by atoms with Crippen LogP contribution in [-0.2, 0) is 11.3 Å². The summed E-state index contributed by atoms with van der Waals surface area (Å²) in [6.07, 6.45) is 0. The molecule has 1 aromatic heterocycles. The van der Waals surface area contributed by atoms with Crippen LogP contribution in [0.3, 0.4) is 0 Å². The number of amides is 2. The van der Waals surface area contributed by atoms with Crippen molar-refractivity contribution in [3.63, 3.8) is 0 Å². The van der Waals surface area contributed by atoms with Gasteiger partial charge in [0, 0.05) is 17.3 Å². The van der Waals surface area contributed by atoms with Gasteiger partial charge in [-0.1, -0.05) is 65.0 Å². The molecule has 0 saturated carbocycles. The molecule has 138 valence electrons. The molecule has 0 fully saturated rings. The summed E-state index contributed by atoms with van der Waals surface area (Å²) in [5, 5.41) is 14.3. The monoisotopic (exact) mass is 418 g/mol. The van der Waals surface area contributed by atoms with Crippen LogP contribution in [0, 0.1) is 0 Å². The number of thioether (sulfide) groups is 1. The summed E-state index contributed by atoms with van der Waals surface area (Å²) >= 11 is 8.23. The van der Waals surface area contributed by atoms with Gasteiger partial charge in [-0.05, 0) is 29.8 Å². The third-order valence-electron chi connectivity index (χ3n) is 3.36. The first kappa shape index (κ1) is 19.3. The summed E-state index contributed by atoms with van der Waals surface area (Å²) in [7, 11) is 0. The Morgan fingerprint density at radius 1 is 1.04 bits per heavy atom. The first-order valence-electron chi connectivity index (χ1n) is 7.94. The van der Waals surface area contributed by atoms with Crippen molar-refractivity contribution in [2.24, 2.45) is 0 Å². The number of hydrogen-bond acceptors (Lipinski definition) is 6. The van der Waals surface area contributed by atoms with Gasteiger partial charge in [-0.15, -0.1) is 10.2 Å². The molecule has 0 atom stereocenters. The van der Waals surface area contributed by atoms with Crippen LogP contribution in [0.25, 0.3) is 0 Å². The van der Waals surface area contributed by atoms with E-state index in [4.69, 9.17) is 11.6 Å². The lowest BCUT2D eigenvalue weighted by Gasteiger charge is -2.04. The van der Waals surface area contributed by atoms with Crippen molar-refractivity contribution < 1.29 is 9.59 Å². The average Bonchev–Trinajstić information content (AvgIpc) is 3.16. The Morgan fingerprint density at radius 3 is 2.52 bits per heavy atom. The van der Waals surface area contributed by atoms with Gasteiger partial charge in [0.15, 0.2) is 4.34 Å². The molecule has 0 radical (unpaired) electrons. The molecule has 6 nitrogen and oxygen atoms in total. The third kappa shape index (κ3) is 6.06. The van der Waals surface area contributed by atoms with Crippen molar-refractivity contribution in [3.8, 4) is 0 Å². The summed E-state index contributed by atoms with van der Waals surface area (Å²) < 4.78 is 0.565. The minimum Gasteiger partial charge on any atom is -0.351 e. The first-order valence-corrected chi connectivity index (χ1v) is 10.1. The van der Waals surface area contributed by atoms with Gasteiger partial charge in [0.05, 0.1) is 5.75 Å². The fourth-order valence-electron chi connectivity index (χ4n) is 2.05. The second-order valence-electron chi connectivity index (χ2n) is 5.39. The number of nitrogens with one attached hydrogen (secondary N) is 2. The van der Waals surface area contributed by atoms with E-state index in [0.717, 1.165) is 16.9 Å². The number of carbonyl (C=O) groups is 2. The van der Waals surface area contributed by atoms with Gasteiger partial charge < -0.3 is 10.6 Å². The number of halogens is 1. The zero-order valence-electron chi connectivity index (χ0n) is 14.0. The standard InChI is InChI=1S/C18H15ClN4O2S2/c19-13-8-6-12(7-9-13)10-20-15(24)11-26-18-23-22-17(27-18)16(25)21-14-4-2-1-3-5-14/h1-9H,10-11H2,(H,20,24)(H,21,25). The van der Waals surface area contributed by atoms with E-state index in [9.17, 15) is 9.59 Å². The minimum absolute atomic E-state index is 0.125. The summed E-state index contributed by atoms with van der Waals surface area (Å²) in [6, 6.07) is 16.4. The molecule has 0 saturated heterocycles. The molecule has 2 amide bonds. The fourth-order valence-corrected chi connectivity index (χ4v) is 3.75. The predicted octanol–water partition coefficient (Wildman–Crippen LogP) is 3.85. The fraction of sp³-hybridized carbons (Fsp3) is 0.111. The minimum atomic E-state index is -0.322. The van der Waals surface area contributed by atoms with Crippen LogP contribution < -0.4 is 10.6 Å². The highest BCUT2D eigenvalue weighted by Gasteiger charge is 2.14. The Bertz CT molecular complexity index is 917. The third-order valence-corrected chi connectivity index (χ3v) is 5.67. The molecule has 3 aromatic rings. The Morgan fingerprint density at radius 2 is 1.78 bits per heavy atom. The van der Waals surface area contributed by atoms with Crippen molar-refractivity contribution in [1.29, 1.82) is 0 Å². The van der Waals surface area contributed by atoms with Crippen LogP contribution in [0.2, 0.25) is 5.02 Å². The van der Waals surface area contributed by atoms with Crippen molar-refractivity contribution in [2.75, 3.05) is 11.1 Å². The van der Waals surface area contributed by atoms with Crippen molar-refractivity contribution >= 4 is 52.2 Å². The molecular weight excluding hydrogens is 404 g/mol. The molecule has 2 N–H and O–H groups in total. The molecule has 0 spiro atoms. The zero-order valence-corrected chi connectivity index (χ0v) is 16.4. The lowest BCUT2D eigenvalue weighted by atomic mass is 10.2. The van der Waals surface area contributed by atoms with E-state index in [1.54, 1.807) is 24.3 Å². The second-order valence-corrected chi connectivity index (χ2v) is 8.02. The van der Waals surface area contributed by atoms with Crippen molar-refractivity contribution in [3.05, 3.63) is 70.2 Å². The van der Waals surface area contributed by atoms with E-state index >= 15 is 0 Å². The van der Waals surface area contributed by atoms with E-state index in [1.165, 1.54) is 11.8 Å². The maximum Gasteiger partial charge on any atom is 0.286 e. The molecule has 0 aliphatic rings. The number of para-hydroxylation sites is 1. The van der Waals surface area contributed by atoms with Gasteiger partial charge in [0.1, 0.15) is 0 Å². The first-order chi connectivity index (χ1) is 13.1. The van der Waals surface area contributed by atoms with E-state index in [0.29, 0.717) is 21.6 Å². The molecule has 27 heavy (non-hydrogen) atoms. The zero-order chi connectivity index (χ0) is 19.1. The van der Waals surface area contributed by atoms with Crippen LogP contribution in [0.4, 0.5) is 5.69 Å². The number of anilines is 1. The summed E-state index contributed by atoms with van der Waals surface area (Å²) in [5.74, 6) is -0.249. The second kappa shape index (κ2) is 9.50. The maximum absolute atomic E-state index is 12.1. The quantitative estimate of drug-likeness (QED) is 0.569. The van der Waals surface area contributed by atoms with Crippen LogP contribution >= 0.6 is 34.7 Å². The number of aromatic nitrogens is 2. The molecule has 0 unspecified atom stereocenters. The van der Waals surface area contributed by atoms with Gasteiger partial charge >= 0.3 is 0 Å². The van der Waals surface area contributed by atoms with Crippen LogP contribution in [-0.4, -0.2) is 27.8 Å². The van der Waals surface area contributed by atoms with E-state index in [-0.39, 0.29) is 22.6 Å². The topological polar surface area (TPSA) is 84.0 Å². The number of benzene rings is 2. The predicted molar refractivity (Wildman–Crippen MR) is 108 cm³/mol. The summed E-state index contributed by atoms with van der Waals surface area (Å²) in [5.41, 5.74) is 1.65. The SMILES string of the molecule is O=C(CSc1nnc(C(=O)Nc2ccccc2)s1)NCc1ccc(Cl)cc1. The lowest BCUT2D eigenvalue weighted by Crippen LogP contribution is -2.24. The van der Waals surface area contributed by atoms with Gasteiger partial charge in [0.25, 0.3) is 5.91 Å². The van der Waals surface area contributed by atoms with Crippen LogP contribution in [0.5, 0.6) is 0 Å². The van der Waals surface area contributed by atoms with Crippen molar-refractivity contribution in [2.45, 2.75) is 10.9 Å². The summed E-state index contributed by atoms with van der Waals surface area (Å²) in [4.78, 5) is 24.1. The van der Waals surface area contributed by atoms with Gasteiger partial charge in [-0.25, -0.2) is 0 Å². The number of hydrogen-bond donors (Lipinski definition) is 2. The average molecular weight is 419 g/mol. The highest BCUT2D eigenvalue weighted by Crippen LogP contribution is 2.23. The van der Waals surface area contributed by atoms with E-state index in [2.05, 4.69) is 20.8 Å². The largest absolute Gasteiger partial charge is 0.351 e. The van der Waals surface area contributed by atoms with Crippen molar-refractivity contribution in [1.82, 2.24) is 15.5 Å². The number of carbonyl (C=O) groups excluding carboxylic acids is 2. The van der Waals surface area contributed by atoms with Crippen LogP contribution in [0.15, 0.2) is 58.9 Å². The highest BCUT2D eigenvalue weighted by molar-refractivity contribution is 8.01. The molecule has 0 aliphatic heterocycles. The summed E-state index contributed by atoms with van der Waals surface area (Å²) in [6.45, 7) is 0.428. The van der Waals surface area contributed by atoms with E-state index in [1.807, 2.05) is 30.3 Å². The number of rotatable bonds is 7. The molecule has 1 heterocycles. The van der Waals surface area contributed by atoms with Crippen LogP contribution in [0.1, 0.15) is 15.4 Å². The van der Waals surface area contributed by atoms with Gasteiger partial charge in [-0.3, -0.25) is 9.59 Å². The molecule has 0 aliphatic carbocycles. The maximum atomic E-state index is 12.1. The molecule has 0 bridgehead atoms. The highest BCUT2D eigenvalue weighted by atomic mass is 35.5. The Balaban J connectivity index is 1.45. The van der Waals surface area contributed by atoms with Gasteiger partial charge in [0.2, 0.25) is 10.9 Å².